The van der Waals surface area contributed by atoms with Crippen LogP contribution in [0.5, 0.6) is 0 Å². The van der Waals surface area contributed by atoms with Crippen molar-refractivity contribution in [2.45, 2.75) is 31.1 Å². The zero-order valence-electron chi connectivity index (χ0n) is 13.6. The number of nitrogens with zero attached hydrogens (tertiary/aromatic N) is 2. The second-order valence-electron chi connectivity index (χ2n) is 7.22. The fourth-order valence-corrected chi connectivity index (χ4v) is 4.22. The van der Waals surface area contributed by atoms with Crippen LogP contribution in [0.15, 0.2) is 29.2 Å². The van der Waals surface area contributed by atoms with Crippen LogP contribution in [-0.4, -0.2) is 51.4 Å². The van der Waals surface area contributed by atoms with Crippen molar-refractivity contribution in [1.82, 2.24) is 9.21 Å². The highest BCUT2D eigenvalue weighted by Gasteiger charge is 2.36. The lowest BCUT2D eigenvalue weighted by Crippen LogP contribution is -2.52. The summed E-state index contributed by atoms with van der Waals surface area (Å²) in [6, 6.07) is 7.30. The third-order valence-electron chi connectivity index (χ3n) is 3.91. The molecule has 1 aliphatic heterocycles. The van der Waals surface area contributed by atoms with E-state index in [-0.39, 0.29) is 5.41 Å². The molecule has 0 atom stereocenters. The number of hydrogen-bond donors (Lipinski definition) is 0. The van der Waals surface area contributed by atoms with E-state index in [2.05, 4.69) is 25.7 Å². The van der Waals surface area contributed by atoms with Gasteiger partial charge in [0.15, 0.2) is 0 Å². The molecule has 4 nitrogen and oxygen atoms in total. The first kappa shape index (κ1) is 16.5. The van der Waals surface area contributed by atoms with E-state index in [0.29, 0.717) is 23.9 Å². The minimum atomic E-state index is -3.32. The zero-order valence-corrected chi connectivity index (χ0v) is 14.4. The van der Waals surface area contributed by atoms with E-state index in [1.165, 1.54) is 0 Å². The number of hydrogen-bond acceptors (Lipinski definition) is 3. The molecule has 0 radical (unpaired) electrons. The highest BCUT2D eigenvalue weighted by atomic mass is 32.2. The van der Waals surface area contributed by atoms with E-state index in [9.17, 15) is 8.42 Å². The van der Waals surface area contributed by atoms with Gasteiger partial charge in [0.2, 0.25) is 10.0 Å². The van der Waals surface area contributed by atoms with Gasteiger partial charge in [-0.05, 0) is 43.1 Å². The molecule has 0 spiro atoms. The van der Waals surface area contributed by atoms with Crippen molar-refractivity contribution in [3.8, 4) is 0 Å². The molecule has 0 bridgehead atoms. The van der Waals surface area contributed by atoms with Crippen LogP contribution in [0.25, 0.3) is 0 Å². The molecule has 1 fully saturated rings. The predicted molar refractivity (Wildman–Crippen MR) is 85.9 cm³/mol. The normalized spacial score (nSPS) is 18.0. The summed E-state index contributed by atoms with van der Waals surface area (Å²) in [6.45, 7) is 8.56. The van der Waals surface area contributed by atoms with E-state index in [1.807, 2.05) is 26.2 Å². The smallest absolute Gasteiger partial charge is 0.243 e. The van der Waals surface area contributed by atoms with Gasteiger partial charge in [0.25, 0.3) is 0 Å². The molecule has 1 heterocycles. The molecule has 118 valence electrons. The molecule has 0 aromatic heterocycles. The minimum Gasteiger partial charge on any atom is -0.309 e. The fraction of sp³-hybridized carbons (Fsp3) is 0.625. The maximum absolute atomic E-state index is 12.5. The summed E-state index contributed by atoms with van der Waals surface area (Å²) in [5.74, 6) is 0.448. The third kappa shape index (κ3) is 3.65. The Hall–Kier alpha value is -0.910. The van der Waals surface area contributed by atoms with Crippen LogP contribution in [0.1, 0.15) is 26.3 Å². The Bertz CT molecular complexity index is 580. The van der Waals surface area contributed by atoms with Gasteiger partial charge in [0.1, 0.15) is 0 Å². The van der Waals surface area contributed by atoms with Crippen LogP contribution in [-0.2, 0) is 15.4 Å². The Kier molecular flexibility index (Phi) is 4.47. The summed E-state index contributed by atoms with van der Waals surface area (Å²) in [4.78, 5) is 2.51. The minimum absolute atomic E-state index is 0.0376. The third-order valence-corrected chi connectivity index (χ3v) is 5.75. The Morgan fingerprint density at radius 1 is 1.14 bits per heavy atom. The second kappa shape index (κ2) is 5.71. The first-order valence-electron chi connectivity index (χ1n) is 7.36. The van der Waals surface area contributed by atoms with Crippen LogP contribution >= 0.6 is 0 Å². The van der Waals surface area contributed by atoms with Gasteiger partial charge in [-0.25, -0.2) is 8.42 Å². The van der Waals surface area contributed by atoms with Crippen molar-refractivity contribution >= 4 is 10.0 Å². The van der Waals surface area contributed by atoms with Gasteiger partial charge in [-0.2, -0.15) is 4.31 Å². The Labute approximate surface area is 128 Å². The first-order chi connectivity index (χ1) is 9.60. The summed E-state index contributed by atoms with van der Waals surface area (Å²) in [5, 5.41) is 0. The second-order valence-corrected chi connectivity index (χ2v) is 9.16. The van der Waals surface area contributed by atoms with Gasteiger partial charge in [-0.15, -0.1) is 0 Å². The average Bonchev–Trinajstić information content (AvgIpc) is 2.32. The van der Waals surface area contributed by atoms with Crippen molar-refractivity contribution in [2.24, 2.45) is 5.92 Å². The quantitative estimate of drug-likeness (QED) is 0.856. The fourth-order valence-electron chi connectivity index (χ4n) is 2.63. The molecule has 1 aromatic carbocycles. The van der Waals surface area contributed by atoms with Crippen LogP contribution in [0.4, 0.5) is 0 Å². The molecule has 0 amide bonds. The van der Waals surface area contributed by atoms with E-state index in [0.717, 1.165) is 12.1 Å². The van der Waals surface area contributed by atoms with Crippen molar-refractivity contribution in [3.05, 3.63) is 29.8 Å². The highest BCUT2D eigenvalue weighted by Crippen LogP contribution is 2.28. The molecule has 0 saturated carbocycles. The van der Waals surface area contributed by atoms with Crippen LogP contribution in [0.2, 0.25) is 0 Å². The lowest BCUT2D eigenvalue weighted by atomic mass is 9.87. The van der Waals surface area contributed by atoms with Gasteiger partial charge in [-0.1, -0.05) is 32.9 Å². The van der Waals surface area contributed by atoms with E-state index in [4.69, 9.17) is 0 Å². The molecular weight excluding hydrogens is 284 g/mol. The zero-order chi connectivity index (χ0) is 15.8. The van der Waals surface area contributed by atoms with Gasteiger partial charge in [0, 0.05) is 19.6 Å². The van der Waals surface area contributed by atoms with E-state index in [1.54, 1.807) is 16.4 Å². The largest absolute Gasteiger partial charge is 0.309 e. The SMILES string of the molecule is CN(C)CC1CN(S(=O)(=O)c2ccc(C(C)(C)C)cc2)C1. The van der Waals surface area contributed by atoms with Crippen LogP contribution < -0.4 is 0 Å². The van der Waals surface area contributed by atoms with Gasteiger partial charge in [0.05, 0.1) is 4.90 Å². The molecule has 5 heteroatoms. The lowest BCUT2D eigenvalue weighted by Gasteiger charge is -2.39. The van der Waals surface area contributed by atoms with Gasteiger partial charge in [-0.3, -0.25) is 0 Å². The Morgan fingerprint density at radius 2 is 1.67 bits per heavy atom. The summed E-state index contributed by atoms with van der Waals surface area (Å²) in [6.07, 6.45) is 0. The molecule has 1 aromatic rings. The lowest BCUT2D eigenvalue weighted by molar-refractivity contribution is 0.160. The van der Waals surface area contributed by atoms with Crippen molar-refractivity contribution < 1.29 is 8.42 Å². The van der Waals surface area contributed by atoms with Crippen LogP contribution in [0, 0.1) is 5.92 Å². The molecular formula is C16H26N2O2S. The summed E-state index contributed by atoms with van der Waals surface area (Å²) in [7, 11) is 0.714. The topological polar surface area (TPSA) is 40.6 Å². The maximum atomic E-state index is 12.5. The molecule has 2 rings (SSSR count). The summed E-state index contributed by atoms with van der Waals surface area (Å²) >= 11 is 0. The Morgan fingerprint density at radius 3 is 2.10 bits per heavy atom. The monoisotopic (exact) mass is 310 g/mol. The van der Waals surface area contributed by atoms with Crippen molar-refractivity contribution in [1.29, 1.82) is 0 Å². The van der Waals surface area contributed by atoms with E-state index >= 15 is 0 Å². The molecule has 1 saturated heterocycles. The maximum Gasteiger partial charge on any atom is 0.243 e. The average molecular weight is 310 g/mol. The number of benzene rings is 1. The highest BCUT2D eigenvalue weighted by molar-refractivity contribution is 7.89. The predicted octanol–water partition coefficient (Wildman–Crippen LogP) is 2.17. The molecule has 0 unspecified atom stereocenters. The number of sulfonamides is 1. The molecule has 1 aliphatic rings. The van der Waals surface area contributed by atoms with Crippen LogP contribution in [0.3, 0.4) is 0 Å². The first-order valence-corrected chi connectivity index (χ1v) is 8.80. The molecule has 21 heavy (non-hydrogen) atoms. The summed E-state index contributed by atoms with van der Waals surface area (Å²) < 4.78 is 26.6. The Balaban J connectivity index is 2.08. The van der Waals surface area contributed by atoms with Crippen molar-refractivity contribution in [3.63, 3.8) is 0 Å². The summed E-state index contributed by atoms with van der Waals surface area (Å²) in [5.41, 5.74) is 1.19. The van der Waals surface area contributed by atoms with Gasteiger partial charge < -0.3 is 4.90 Å². The molecule has 0 N–H and O–H groups in total. The number of rotatable bonds is 4. The van der Waals surface area contributed by atoms with Crippen molar-refractivity contribution in [2.75, 3.05) is 33.7 Å². The van der Waals surface area contributed by atoms with E-state index < -0.39 is 10.0 Å². The molecule has 0 aliphatic carbocycles. The van der Waals surface area contributed by atoms with Gasteiger partial charge >= 0.3 is 0 Å². The standard InChI is InChI=1S/C16H26N2O2S/c1-16(2,3)14-6-8-15(9-7-14)21(19,20)18-11-13(12-18)10-17(4)5/h6-9,13H,10-12H2,1-5H3.